The lowest BCUT2D eigenvalue weighted by Gasteiger charge is -2.12. The third-order valence-electron chi connectivity index (χ3n) is 3.80. The molecule has 0 aliphatic carbocycles. The number of aromatic amines is 1. The van der Waals surface area contributed by atoms with Gasteiger partial charge in [0.25, 0.3) is 10.0 Å². The van der Waals surface area contributed by atoms with Gasteiger partial charge < -0.3 is 5.11 Å². The van der Waals surface area contributed by atoms with Crippen molar-refractivity contribution in [3.63, 3.8) is 0 Å². The van der Waals surface area contributed by atoms with Crippen molar-refractivity contribution in [1.29, 1.82) is 0 Å². The molecule has 0 bridgehead atoms. The minimum atomic E-state index is -3.94. The number of carbonyl (C=O) groups is 1. The van der Waals surface area contributed by atoms with Crippen LogP contribution in [-0.4, -0.2) is 29.7 Å². The van der Waals surface area contributed by atoms with E-state index in [0.29, 0.717) is 16.8 Å². The standard InChI is InChI=1S/C16H15N3O4S/c1-9-4-6-13(15-12(9)8-17-18-15)19-24(22,23)14-7-11(16(20)21)5-3-10(14)2/h3-8,19H,1-2H3,(H,17,18)(H,20,21). The number of aromatic nitrogens is 2. The number of anilines is 1. The fourth-order valence-electron chi connectivity index (χ4n) is 2.48. The first kappa shape index (κ1) is 16.0. The summed E-state index contributed by atoms with van der Waals surface area (Å²) in [7, 11) is -3.94. The topological polar surface area (TPSA) is 112 Å². The first-order chi connectivity index (χ1) is 11.3. The van der Waals surface area contributed by atoms with E-state index >= 15 is 0 Å². The van der Waals surface area contributed by atoms with E-state index in [1.54, 1.807) is 25.3 Å². The predicted octanol–water partition coefficient (Wildman–Crippen LogP) is 2.68. The van der Waals surface area contributed by atoms with Crippen molar-refractivity contribution >= 4 is 32.6 Å². The third kappa shape index (κ3) is 2.71. The molecule has 7 nitrogen and oxygen atoms in total. The molecule has 1 heterocycles. The van der Waals surface area contributed by atoms with E-state index in [0.717, 1.165) is 17.0 Å². The molecule has 24 heavy (non-hydrogen) atoms. The molecule has 0 radical (unpaired) electrons. The summed E-state index contributed by atoms with van der Waals surface area (Å²) in [6, 6.07) is 7.42. The number of benzene rings is 2. The summed E-state index contributed by atoms with van der Waals surface area (Å²) in [5.41, 5.74) is 2.27. The van der Waals surface area contributed by atoms with E-state index in [1.165, 1.54) is 12.1 Å². The molecule has 0 atom stereocenters. The number of aryl methyl sites for hydroxylation is 2. The lowest BCUT2D eigenvalue weighted by atomic mass is 10.1. The Hall–Kier alpha value is -2.87. The molecule has 0 fully saturated rings. The van der Waals surface area contributed by atoms with Crippen LogP contribution < -0.4 is 4.72 Å². The van der Waals surface area contributed by atoms with E-state index in [4.69, 9.17) is 5.11 Å². The fourth-order valence-corrected chi connectivity index (χ4v) is 3.82. The Morgan fingerprint density at radius 1 is 1.17 bits per heavy atom. The van der Waals surface area contributed by atoms with Crippen molar-refractivity contribution in [3.8, 4) is 0 Å². The molecule has 0 amide bonds. The monoisotopic (exact) mass is 345 g/mol. The molecule has 124 valence electrons. The molecule has 2 aromatic carbocycles. The molecular formula is C16H15N3O4S. The van der Waals surface area contributed by atoms with Crippen molar-refractivity contribution < 1.29 is 18.3 Å². The number of fused-ring (bicyclic) bond motifs is 1. The first-order valence-electron chi connectivity index (χ1n) is 7.09. The summed E-state index contributed by atoms with van der Waals surface area (Å²) in [5, 5.41) is 16.6. The number of aromatic carboxylic acids is 1. The number of nitrogens with zero attached hydrogens (tertiary/aromatic N) is 1. The number of carboxylic acids is 1. The van der Waals surface area contributed by atoms with E-state index in [1.807, 2.05) is 6.92 Å². The van der Waals surface area contributed by atoms with Crippen LogP contribution in [0.1, 0.15) is 21.5 Å². The predicted molar refractivity (Wildman–Crippen MR) is 89.8 cm³/mol. The highest BCUT2D eigenvalue weighted by molar-refractivity contribution is 7.92. The Kier molecular flexibility index (Phi) is 3.76. The zero-order valence-corrected chi connectivity index (χ0v) is 13.8. The lowest BCUT2D eigenvalue weighted by Crippen LogP contribution is -2.15. The zero-order valence-electron chi connectivity index (χ0n) is 13.0. The maximum Gasteiger partial charge on any atom is 0.335 e. The van der Waals surface area contributed by atoms with Gasteiger partial charge in [-0.15, -0.1) is 0 Å². The molecule has 1 aromatic heterocycles. The van der Waals surface area contributed by atoms with Crippen LogP contribution in [0.3, 0.4) is 0 Å². The number of hydrogen-bond donors (Lipinski definition) is 3. The second kappa shape index (κ2) is 5.64. The van der Waals surface area contributed by atoms with Crippen LogP contribution in [0.5, 0.6) is 0 Å². The Balaban J connectivity index is 2.09. The summed E-state index contributed by atoms with van der Waals surface area (Å²) in [6.45, 7) is 3.51. The Morgan fingerprint density at radius 2 is 1.88 bits per heavy atom. The summed E-state index contributed by atoms with van der Waals surface area (Å²) >= 11 is 0. The van der Waals surface area contributed by atoms with E-state index in [2.05, 4.69) is 14.9 Å². The summed E-state index contributed by atoms with van der Waals surface area (Å²) in [6.07, 6.45) is 1.62. The molecule has 3 N–H and O–H groups in total. The number of H-pyrrole nitrogens is 1. The van der Waals surface area contributed by atoms with Crippen molar-refractivity contribution in [2.24, 2.45) is 0 Å². The summed E-state index contributed by atoms with van der Waals surface area (Å²) in [5.74, 6) is -1.18. The molecule has 8 heteroatoms. The normalized spacial score (nSPS) is 11.6. The minimum absolute atomic E-state index is 0.0735. The number of carboxylic acid groups (broad SMARTS) is 1. The molecule has 0 aliphatic rings. The van der Waals surface area contributed by atoms with Gasteiger partial charge in [0.15, 0.2) is 0 Å². The quantitative estimate of drug-likeness (QED) is 0.673. The minimum Gasteiger partial charge on any atom is -0.478 e. The highest BCUT2D eigenvalue weighted by Gasteiger charge is 2.20. The van der Waals surface area contributed by atoms with Gasteiger partial charge in [-0.05, 0) is 43.2 Å². The SMILES string of the molecule is Cc1ccc(C(=O)O)cc1S(=O)(=O)Nc1ccc(C)c2cn[nH]c12. The van der Waals surface area contributed by atoms with Gasteiger partial charge in [-0.1, -0.05) is 12.1 Å². The Bertz CT molecular complexity index is 1050. The number of nitrogens with one attached hydrogen (secondary N) is 2. The number of rotatable bonds is 4. The van der Waals surface area contributed by atoms with Gasteiger partial charge in [-0.25, -0.2) is 13.2 Å². The van der Waals surface area contributed by atoms with Crippen LogP contribution in [0.2, 0.25) is 0 Å². The number of sulfonamides is 1. The van der Waals surface area contributed by atoms with Crippen LogP contribution in [0.4, 0.5) is 5.69 Å². The molecule has 0 saturated heterocycles. The van der Waals surface area contributed by atoms with Gasteiger partial charge in [0.05, 0.1) is 27.9 Å². The van der Waals surface area contributed by atoms with Crippen molar-refractivity contribution in [2.45, 2.75) is 18.7 Å². The maximum absolute atomic E-state index is 12.7. The molecule has 0 aliphatic heterocycles. The van der Waals surface area contributed by atoms with E-state index in [9.17, 15) is 13.2 Å². The highest BCUT2D eigenvalue weighted by Crippen LogP contribution is 2.27. The average Bonchev–Trinajstić information content (AvgIpc) is 3.00. The van der Waals surface area contributed by atoms with Gasteiger partial charge in [0.1, 0.15) is 0 Å². The molecule has 0 unspecified atom stereocenters. The molecule has 3 rings (SSSR count). The summed E-state index contributed by atoms with van der Waals surface area (Å²) < 4.78 is 27.9. The second-order valence-corrected chi connectivity index (χ2v) is 7.13. The van der Waals surface area contributed by atoms with E-state index < -0.39 is 16.0 Å². The van der Waals surface area contributed by atoms with Gasteiger partial charge >= 0.3 is 5.97 Å². The van der Waals surface area contributed by atoms with Gasteiger partial charge in [0.2, 0.25) is 0 Å². The lowest BCUT2D eigenvalue weighted by molar-refractivity contribution is 0.0696. The van der Waals surface area contributed by atoms with Gasteiger partial charge in [-0.3, -0.25) is 9.82 Å². The first-order valence-corrected chi connectivity index (χ1v) is 8.57. The van der Waals surface area contributed by atoms with Crippen LogP contribution >= 0.6 is 0 Å². The number of hydrogen-bond acceptors (Lipinski definition) is 4. The molecule has 0 saturated carbocycles. The highest BCUT2D eigenvalue weighted by atomic mass is 32.2. The fraction of sp³-hybridized carbons (Fsp3) is 0.125. The van der Waals surface area contributed by atoms with Crippen LogP contribution in [0.15, 0.2) is 41.4 Å². The average molecular weight is 345 g/mol. The Labute approximate surface area is 138 Å². The van der Waals surface area contributed by atoms with Crippen LogP contribution in [0, 0.1) is 13.8 Å². The molecule has 3 aromatic rings. The van der Waals surface area contributed by atoms with Crippen molar-refractivity contribution in [2.75, 3.05) is 4.72 Å². The summed E-state index contributed by atoms with van der Waals surface area (Å²) in [4.78, 5) is 11.0. The van der Waals surface area contributed by atoms with Gasteiger partial charge in [0, 0.05) is 5.39 Å². The van der Waals surface area contributed by atoms with Crippen molar-refractivity contribution in [1.82, 2.24) is 10.2 Å². The zero-order chi connectivity index (χ0) is 17.5. The molecular weight excluding hydrogens is 330 g/mol. The van der Waals surface area contributed by atoms with Crippen molar-refractivity contribution in [3.05, 3.63) is 53.2 Å². The maximum atomic E-state index is 12.7. The Morgan fingerprint density at radius 3 is 2.58 bits per heavy atom. The van der Waals surface area contributed by atoms with Crippen LogP contribution in [-0.2, 0) is 10.0 Å². The van der Waals surface area contributed by atoms with E-state index in [-0.39, 0.29) is 10.5 Å². The smallest absolute Gasteiger partial charge is 0.335 e. The molecule has 0 spiro atoms. The second-order valence-electron chi connectivity index (χ2n) is 5.48. The largest absolute Gasteiger partial charge is 0.478 e. The van der Waals surface area contributed by atoms with Crippen LogP contribution in [0.25, 0.3) is 10.9 Å². The van der Waals surface area contributed by atoms with Gasteiger partial charge in [-0.2, -0.15) is 5.10 Å². The third-order valence-corrected chi connectivity index (χ3v) is 5.31.